The van der Waals surface area contributed by atoms with Gasteiger partial charge >= 0.3 is 0 Å². The van der Waals surface area contributed by atoms with Crippen LogP contribution in [0, 0.1) is 17.5 Å². The van der Waals surface area contributed by atoms with Gasteiger partial charge in [-0.1, -0.05) is 20.3 Å². The van der Waals surface area contributed by atoms with Crippen LogP contribution in [0.1, 0.15) is 33.1 Å². The van der Waals surface area contributed by atoms with Crippen LogP contribution in [0.15, 0.2) is 12.1 Å². The van der Waals surface area contributed by atoms with Gasteiger partial charge in [-0.3, -0.25) is 0 Å². The number of rotatable bonds is 5. The van der Waals surface area contributed by atoms with Crippen LogP contribution in [-0.4, -0.2) is 6.04 Å². The van der Waals surface area contributed by atoms with Gasteiger partial charge in [-0.05, 0) is 12.8 Å². The summed E-state index contributed by atoms with van der Waals surface area (Å²) in [6.45, 7) is 3.98. The van der Waals surface area contributed by atoms with Gasteiger partial charge in [0.25, 0.3) is 0 Å². The van der Waals surface area contributed by atoms with E-state index in [1.807, 2.05) is 13.8 Å². The van der Waals surface area contributed by atoms with Gasteiger partial charge in [-0.2, -0.15) is 0 Å². The van der Waals surface area contributed by atoms with Gasteiger partial charge in [0.2, 0.25) is 0 Å². The zero-order chi connectivity index (χ0) is 12.1. The van der Waals surface area contributed by atoms with Crippen LogP contribution in [-0.2, 0) is 0 Å². The van der Waals surface area contributed by atoms with Crippen molar-refractivity contribution in [2.24, 2.45) is 0 Å². The first kappa shape index (κ1) is 12.9. The van der Waals surface area contributed by atoms with Crippen LogP contribution in [0.4, 0.5) is 18.9 Å². The molecule has 1 atom stereocenters. The lowest BCUT2D eigenvalue weighted by Crippen LogP contribution is -2.19. The van der Waals surface area contributed by atoms with E-state index in [2.05, 4.69) is 5.32 Å². The molecule has 0 aliphatic rings. The second-order valence-electron chi connectivity index (χ2n) is 3.78. The van der Waals surface area contributed by atoms with E-state index in [9.17, 15) is 13.2 Å². The second-order valence-corrected chi connectivity index (χ2v) is 3.78. The summed E-state index contributed by atoms with van der Waals surface area (Å²) >= 11 is 0. The highest BCUT2D eigenvalue weighted by molar-refractivity contribution is 5.46. The van der Waals surface area contributed by atoms with Gasteiger partial charge in [-0.25, -0.2) is 13.2 Å². The predicted octanol–water partition coefficient (Wildman–Crippen LogP) is 4.09. The van der Waals surface area contributed by atoms with Crippen molar-refractivity contribution in [3.05, 3.63) is 29.6 Å². The van der Waals surface area contributed by atoms with Crippen LogP contribution in [0.25, 0.3) is 0 Å². The first-order valence-electron chi connectivity index (χ1n) is 5.49. The molecule has 16 heavy (non-hydrogen) atoms. The highest BCUT2D eigenvalue weighted by Gasteiger charge is 2.12. The molecule has 0 amide bonds. The number of hydrogen-bond acceptors (Lipinski definition) is 1. The van der Waals surface area contributed by atoms with E-state index in [4.69, 9.17) is 0 Å². The molecule has 90 valence electrons. The lowest BCUT2D eigenvalue weighted by atomic mass is 10.1. The lowest BCUT2D eigenvalue weighted by Gasteiger charge is -2.18. The molecule has 0 aliphatic carbocycles. The van der Waals surface area contributed by atoms with Crippen LogP contribution >= 0.6 is 0 Å². The van der Waals surface area contributed by atoms with Crippen molar-refractivity contribution in [1.29, 1.82) is 0 Å². The fourth-order valence-electron chi connectivity index (χ4n) is 1.58. The molecule has 0 bridgehead atoms. The topological polar surface area (TPSA) is 12.0 Å². The number of nitrogens with one attached hydrogen (secondary N) is 1. The van der Waals surface area contributed by atoms with Gasteiger partial charge in [-0.15, -0.1) is 0 Å². The maximum absolute atomic E-state index is 13.3. The summed E-state index contributed by atoms with van der Waals surface area (Å²) in [5.74, 6) is -2.95. The molecule has 1 rings (SSSR count). The zero-order valence-electron chi connectivity index (χ0n) is 9.49. The third-order valence-electron chi connectivity index (χ3n) is 2.50. The summed E-state index contributed by atoms with van der Waals surface area (Å²) in [6, 6.07) is 1.52. The van der Waals surface area contributed by atoms with Crippen molar-refractivity contribution in [2.45, 2.75) is 39.2 Å². The highest BCUT2D eigenvalue weighted by atomic mass is 19.2. The van der Waals surface area contributed by atoms with Crippen molar-refractivity contribution in [2.75, 3.05) is 5.32 Å². The van der Waals surface area contributed by atoms with Gasteiger partial charge in [0.05, 0.1) is 5.69 Å². The van der Waals surface area contributed by atoms with Gasteiger partial charge in [0, 0.05) is 18.2 Å². The largest absolute Gasteiger partial charge is 0.380 e. The molecule has 4 heteroatoms. The standard InChI is InChI=1S/C12H16F3N/c1-3-5-8(4-2)16-12-7-10(14)9(13)6-11(12)15/h6-8,16H,3-5H2,1-2H3. The molecule has 0 aromatic heterocycles. The molecule has 1 nitrogen and oxygen atoms in total. The Morgan fingerprint density at radius 1 is 1.06 bits per heavy atom. The van der Waals surface area contributed by atoms with Gasteiger partial charge in [0.15, 0.2) is 11.6 Å². The molecular weight excluding hydrogens is 215 g/mol. The summed E-state index contributed by atoms with van der Waals surface area (Å²) in [5.41, 5.74) is 0.0270. The first-order valence-corrected chi connectivity index (χ1v) is 5.49. The second kappa shape index (κ2) is 5.77. The monoisotopic (exact) mass is 231 g/mol. The van der Waals surface area contributed by atoms with E-state index in [-0.39, 0.29) is 11.7 Å². The van der Waals surface area contributed by atoms with Crippen molar-refractivity contribution >= 4 is 5.69 Å². The summed E-state index contributed by atoms with van der Waals surface area (Å²) in [5, 5.41) is 2.88. The highest BCUT2D eigenvalue weighted by Crippen LogP contribution is 2.20. The Bertz CT molecular complexity index is 352. The third kappa shape index (κ3) is 3.15. The minimum absolute atomic E-state index is 0.0270. The summed E-state index contributed by atoms with van der Waals surface area (Å²) in [7, 11) is 0. The van der Waals surface area contributed by atoms with E-state index in [1.54, 1.807) is 0 Å². The Morgan fingerprint density at radius 3 is 2.25 bits per heavy atom. The van der Waals surface area contributed by atoms with E-state index in [0.717, 1.165) is 25.3 Å². The Balaban J connectivity index is 2.83. The van der Waals surface area contributed by atoms with Gasteiger partial charge < -0.3 is 5.32 Å². The fourth-order valence-corrected chi connectivity index (χ4v) is 1.58. The van der Waals surface area contributed by atoms with Crippen molar-refractivity contribution in [3.63, 3.8) is 0 Å². The molecular formula is C12H16F3N. The zero-order valence-corrected chi connectivity index (χ0v) is 9.49. The Hall–Kier alpha value is -1.19. The molecule has 1 aromatic rings. The smallest absolute Gasteiger partial charge is 0.161 e. The average molecular weight is 231 g/mol. The summed E-state index contributed by atoms with van der Waals surface area (Å²) < 4.78 is 38.9. The molecule has 0 heterocycles. The summed E-state index contributed by atoms with van der Waals surface area (Å²) in [6.07, 6.45) is 2.64. The Labute approximate surface area is 93.7 Å². The number of hydrogen-bond donors (Lipinski definition) is 1. The molecule has 0 saturated carbocycles. The molecule has 1 unspecified atom stereocenters. The molecule has 0 spiro atoms. The van der Waals surface area contributed by atoms with Gasteiger partial charge in [0.1, 0.15) is 5.82 Å². The van der Waals surface area contributed by atoms with Crippen LogP contribution in [0.3, 0.4) is 0 Å². The minimum Gasteiger partial charge on any atom is -0.380 e. The predicted molar refractivity (Wildman–Crippen MR) is 58.9 cm³/mol. The third-order valence-corrected chi connectivity index (χ3v) is 2.50. The Kier molecular flexibility index (Phi) is 4.65. The van der Waals surface area contributed by atoms with E-state index >= 15 is 0 Å². The van der Waals surface area contributed by atoms with E-state index < -0.39 is 17.5 Å². The molecule has 1 aromatic carbocycles. The van der Waals surface area contributed by atoms with Crippen LogP contribution < -0.4 is 5.32 Å². The SMILES string of the molecule is CCCC(CC)Nc1cc(F)c(F)cc1F. The fraction of sp³-hybridized carbons (Fsp3) is 0.500. The first-order chi connectivity index (χ1) is 7.58. The van der Waals surface area contributed by atoms with E-state index in [0.29, 0.717) is 6.07 Å². The molecule has 0 aliphatic heterocycles. The quantitative estimate of drug-likeness (QED) is 0.752. The normalized spacial score (nSPS) is 12.6. The number of benzene rings is 1. The molecule has 0 fully saturated rings. The lowest BCUT2D eigenvalue weighted by molar-refractivity contribution is 0.494. The molecule has 0 saturated heterocycles. The van der Waals surface area contributed by atoms with Crippen molar-refractivity contribution in [1.82, 2.24) is 0 Å². The summed E-state index contributed by atoms with van der Waals surface area (Å²) in [4.78, 5) is 0. The van der Waals surface area contributed by atoms with Crippen LogP contribution in [0.5, 0.6) is 0 Å². The Morgan fingerprint density at radius 2 is 1.69 bits per heavy atom. The minimum atomic E-state index is -1.16. The van der Waals surface area contributed by atoms with E-state index in [1.165, 1.54) is 0 Å². The van der Waals surface area contributed by atoms with Crippen molar-refractivity contribution in [3.8, 4) is 0 Å². The molecule has 0 radical (unpaired) electrons. The van der Waals surface area contributed by atoms with Crippen LogP contribution in [0.2, 0.25) is 0 Å². The average Bonchev–Trinajstić information content (AvgIpc) is 2.25. The number of halogens is 3. The maximum atomic E-state index is 13.3. The molecule has 1 N–H and O–H groups in total. The maximum Gasteiger partial charge on any atom is 0.161 e. The van der Waals surface area contributed by atoms with Crippen molar-refractivity contribution < 1.29 is 13.2 Å². The number of anilines is 1.